The van der Waals surface area contributed by atoms with Gasteiger partial charge in [-0.1, -0.05) is 25.1 Å². The van der Waals surface area contributed by atoms with Gasteiger partial charge in [-0.3, -0.25) is 24.1 Å². The minimum absolute atomic E-state index is 0.164. The lowest BCUT2D eigenvalue weighted by atomic mass is 9.49. The fraction of sp³-hybridized carbons (Fsp3) is 0.438. The van der Waals surface area contributed by atoms with Gasteiger partial charge in [0.2, 0.25) is 5.91 Å². The number of imide groups is 1. The Kier molecular flexibility index (Phi) is 7.40. The number of esters is 1. The largest absolute Gasteiger partial charge is 0.493 e. The third kappa shape index (κ3) is 5.52. The average molecular weight is 575 g/mol. The van der Waals surface area contributed by atoms with Crippen molar-refractivity contribution in [3.63, 3.8) is 0 Å². The Morgan fingerprint density at radius 1 is 1.00 bits per heavy atom. The molecule has 4 bridgehead atoms. The highest BCUT2D eigenvalue weighted by Crippen LogP contribution is 2.60. The summed E-state index contributed by atoms with van der Waals surface area (Å²) in [5, 5.41) is 2.22. The van der Waals surface area contributed by atoms with E-state index in [4.69, 9.17) is 9.47 Å². The van der Waals surface area contributed by atoms with Crippen LogP contribution in [0.3, 0.4) is 0 Å². The Morgan fingerprint density at radius 2 is 1.66 bits per heavy atom. The number of carbonyl (C=O) groups excluding carboxylic acids is 4. The van der Waals surface area contributed by atoms with Crippen molar-refractivity contribution < 1.29 is 28.7 Å². The first-order valence-electron chi connectivity index (χ1n) is 14.3. The number of hydrogen-bond donors (Lipinski definition) is 1. The number of ether oxygens (including phenoxy) is 2. The van der Waals surface area contributed by atoms with Gasteiger partial charge in [-0.25, -0.2) is 0 Å². The van der Waals surface area contributed by atoms with Gasteiger partial charge in [-0.15, -0.1) is 0 Å². The molecular formula is C32H34N2O6S. The van der Waals surface area contributed by atoms with Crippen LogP contribution < -0.4 is 14.8 Å². The first-order valence-corrected chi connectivity index (χ1v) is 15.1. The lowest BCUT2D eigenvalue weighted by Gasteiger charge is -2.55. The van der Waals surface area contributed by atoms with Gasteiger partial charge in [0.1, 0.15) is 6.54 Å². The summed E-state index contributed by atoms with van der Waals surface area (Å²) >= 11 is 0.783. The van der Waals surface area contributed by atoms with Gasteiger partial charge >= 0.3 is 5.97 Å². The molecule has 0 radical (unpaired) electrons. The highest BCUT2D eigenvalue weighted by atomic mass is 32.2. The molecule has 5 aliphatic rings. The van der Waals surface area contributed by atoms with Crippen LogP contribution in [0, 0.1) is 23.2 Å². The molecule has 0 spiro atoms. The van der Waals surface area contributed by atoms with Gasteiger partial charge in [-0.2, -0.15) is 0 Å². The summed E-state index contributed by atoms with van der Waals surface area (Å²) in [4.78, 5) is 52.7. The van der Waals surface area contributed by atoms with Crippen LogP contribution in [0.5, 0.6) is 11.5 Å². The summed E-state index contributed by atoms with van der Waals surface area (Å²) in [5.41, 5.74) is 1.97. The van der Waals surface area contributed by atoms with Crippen LogP contribution >= 0.6 is 11.8 Å². The van der Waals surface area contributed by atoms with Crippen LogP contribution in [0.1, 0.15) is 56.6 Å². The number of anilines is 1. The molecule has 2 aromatic rings. The molecule has 4 aliphatic carbocycles. The molecule has 1 saturated heterocycles. The number of thioether (sulfide) groups is 1. The van der Waals surface area contributed by atoms with Gasteiger partial charge < -0.3 is 14.8 Å². The van der Waals surface area contributed by atoms with Gasteiger partial charge in [0.25, 0.3) is 11.1 Å². The molecule has 0 unspecified atom stereocenters. The standard InChI is InChI=1S/C32H34N2O6S/c1-3-19-4-7-24(8-5-19)33-28(35)18-34-29(36)27(41-31(34)38)14-20-6-9-25(26(13-20)39-2)40-30(37)32-15-21-10-22(16-32)12-23(11-21)17-32/h4-9,13-14,21-23H,3,10-12,15-18H2,1-2H3,(H,33,35)/b27-14-. The minimum atomic E-state index is -0.534. The second kappa shape index (κ2) is 11.0. The lowest BCUT2D eigenvalue weighted by Crippen LogP contribution is -2.51. The number of amides is 3. The van der Waals surface area contributed by atoms with E-state index in [-0.39, 0.29) is 22.8 Å². The molecule has 214 valence electrons. The molecule has 7 rings (SSSR count). The van der Waals surface area contributed by atoms with Crippen molar-refractivity contribution in [3.8, 4) is 11.5 Å². The van der Waals surface area contributed by atoms with E-state index in [2.05, 4.69) is 5.32 Å². The van der Waals surface area contributed by atoms with Crippen LogP contribution in [0.25, 0.3) is 6.08 Å². The first-order chi connectivity index (χ1) is 19.7. The van der Waals surface area contributed by atoms with Gasteiger partial charge in [0.05, 0.1) is 17.4 Å². The quantitative estimate of drug-likeness (QED) is 0.232. The summed E-state index contributed by atoms with van der Waals surface area (Å²) in [7, 11) is 1.50. The molecule has 4 saturated carbocycles. The predicted octanol–water partition coefficient (Wildman–Crippen LogP) is 6.05. The molecule has 0 atom stereocenters. The summed E-state index contributed by atoms with van der Waals surface area (Å²) in [6, 6.07) is 12.5. The van der Waals surface area contributed by atoms with Crippen molar-refractivity contribution in [2.24, 2.45) is 23.2 Å². The van der Waals surface area contributed by atoms with E-state index in [0.717, 1.165) is 47.9 Å². The maximum Gasteiger partial charge on any atom is 0.317 e. The zero-order valence-electron chi connectivity index (χ0n) is 23.3. The zero-order valence-corrected chi connectivity index (χ0v) is 24.1. The van der Waals surface area contributed by atoms with E-state index in [9.17, 15) is 19.2 Å². The number of aryl methyl sites for hydroxylation is 1. The average Bonchev–Trinajstić information content (AvgIpc) is 3.20. The van der Waals surface area contributed by atoms with Crippen molar-refractivity contribution in [2.75, 3.05) is 19.0 Å². The molecular weight excluding hydrogens is 540 g/mol. The van der Waals surface area contributed by atoms with E-state index in [1.54, 1.807) is 36.4 Å². The van der Waals surface area contributed by atoms with Crippen LogP contribution in [-0.4, -0.2) is 41.6 Å². The van der Waals surface area contributed by atoms with Crippen molar-refractivity contribution >= 4 is 46.5 Å². The predicted molar refractivity (Wildman–Crippen MR) is 156 cm³/mol. The van der Waals surface area contributed by atoms with Gasteiger partial charge in [0.15, 0.2) is 11.5 Å². The van der Waals surface area contributed by atoms with Crippen LogP contribution in [0.2, 0.25) is 0 Å². The molecule has 8 nitrogen and oxygen atoms in total. The highest BCUT2D eigenvalue weighted by molar-refractivity contribution is 8.18. The molecule has 1 aliphatic heterocycles. The van der Waals surface area contributed by atoms with E-state index in [1.165, 1.54) is 26.4 Å². The molecule has 9 heteroatoms. The molecule has 5 fully saturated rings. The molecule has 0 aromatic heterocycles. The number of benzene rings is 2. The van der Waals surface area contributed by atoms with E-state index in [1.807, 2.05) is 19.1 Å². The Hall–Kier alpha value is -3.59. The Morgan fingerprint density at radius 3 is 2.27 bits per heavy atom. The second-order valence-corrected chi connectivity index (χ2v) is 12.9. The number of nitrogens with one attached hydrogen (secondary N) is 1. The minimum Gasteiger partial charge on any atom is -0.493 e. The third-order valence-electron chi connectivity index (χ3n) is 8.98. The Labute approximate surface area is 243 Å². The number of rotatable bonds is 8. The topological polar surface area (TPSA) is 102 Å². The highest BCUT2D eigenvalue weighted by Gasteiger charge is 2.55. The molecule has 1 N–H and O–H groups in total. The van der Waals surface area contributed by atoms with E-state index < -0.39 is 17.1 Å². The zero-order chi connectivity index (χ0) is 28.7. The number of nitrogens with zero attached hydrogens (tertiary/aromatic N) is 1. The lowest BCUT2D eigenvalue weighted by molar-refractivity contribution is -0.161. The van der Waals surface area contributed by atoms with Crippen LogP contribution in [0.4, 0.5) is 10.5 Å². The maximum absolute atomic E-state index is 13.4. The first kappa shape index (κ1) is 27.6. The summed E-state index contributed by atoms with van der Waals surface area (Å²) in [6.07, 6.45) is 8.94. The second-order valence-electron chi connectivity index (χ2n) is 11.9. The molecule has 1 heterocycles. The van der Waals surface area contributed by atoms with Crippen molar-refractivity contribution in [3.05, 3.63) is 58.5 Å². The Bertz CT molecular complexity index is 1400. The van der Waals surface area contributed by atoms with Gasteiger partial charge in [0, 0.05) is 5.69 Å². The van der Waals surface area contributed by atoms with Gasteiger partial charge in [-0.05, 0) is 116 Å². The smallest absolute Gasteiger partial charge is 0.317 e. The fourth-order valence-electron chi connectivity index (χ4n) is 7.38. The third-order valence-corrected chi connectivity index (χ3v) is 9.89. The van der Waals surface area contributed by atoms with E-state index >= 15 is 0 Å². The Balaban J connectivity index is 1.12. The fourth-order valence-corrected chi connectivity index (χ4v) is 8.22. The van der Waals surface area contributed by atoms with Crippen molar-refractivity contribution in [2.45, 2.75) is 51.9 Å². The normalized spacial score (nSPS) is 27.4. The van der Waals surface area contributed by atoms with Crippen LogP contribution in [-0.2, 0) is 20.8 Å². The van der Waals surface area contributed by atoms with Crippen molar-refractivity contribution in [1.82, 2.24) is 4.90 Å². The number of methoxy groups -OCH3 is 1. The molecule has 3 amide bonds. The molecule has 2 aromatic carbocycles. The van der Waals surface area contributed by atoms with E-state index in [0.29, 0.717) is 40.5 Å². The summed E-state index contributed by atoms with van der Waals surface area (Å²) in [6.45, 7) is 1.67. The number of carbonyl (C=O) groups is 4. The molecule has 41 heavy (non-hydrogen) atoms. The SMILES string of the molecule is CCc1ccc(NC(=O)CN2C(=O)S/C(=C\c3ccc(OC(=O)C45CC6CC(CC(C6)C4)C5)c(OC)c3)C2=O)cc1. The summed E-state index contributed by atoms with van der Waals surface area (Å²) in [5.74, 6) is 1.47. The van der Waals surface area contributed by atoms with Crippen molar-refractivity contribution in [1.29, 1.82) is 0 Å². The monoisotopic (exact) mass is 574 g/mol. The van der Waals surface area contributed by atoms with Crippen LogP contribution in [0.15, 0.2) is 47.4 Å². The maximum atomic E-state index is 13.4. The summed E-state index contributed by atoms with van der Waals surface area (Å²) < 4.78 is 11.5. The number of hydrogen-bond acceptors (Lipinski definition) is 7.